The van der Waals surface area contributed by atoms with Crippen molar-refractivity contribution in [1.29, 1.82) is 0 Å². The van der Waals surface area contributed by atoms with E-state index in [-0.39, 0.29) is 17.2 Å². The van der Waals surface area contributed by atoms with Crippen molar-refractivity contribution in [3.8, 4) is 39.9 Å². The first-order valence-corrected chi connectivity index (χ1v) is 17.4. The first-order valence-electron chi connectivity index (χ1n) is 19.0. The fourth-order valence-electron chi connectivity index (χ4n) is 7.30. The van der Waals surface area contributed by atoms with Gasteiger partial charge in [0.05, 0.1) is 33.8 Å². The van der Waals surface area contributed by atoms with Gasteiger partial charge in [0, 0.05) is 48.1 Å². The summed E-state index contributed by atoms with van der Waals surface area (Å²) in [5.41, 5.74) is 5.84. The average Bonchev–Trinajstić information content (AvgIpc) is 3.91. The monoisotopic (exact) mass is 675 g/mol. The van der Waals surface area contributed by atoms with Crippen molar-refractivity contribution in [2.75, 3.05) is 0 Å². The van der Waals surface area contributed by atoms with Crippen LogP contribution in [0.3, 0.4) is 0 Å². The zero-order valence-electron chi connectivity index (χ0n) is 31.7. The summed E-state index contributed by atoms with van der Waals surface area (Å²) in [4.78, 5) is 14.6. The van der Waals surface area contributed by atoms with Crippen LogP contribution in [0.25, 0.3) is 104 Å². The number of benzene rings is 7. The summed E-state index contributed by atoms with van der Waals surface area (Å²) < 4.78 is 53.4. The van der Waals surface area contributed by atoms with Gasteiger partial charge in [-0.3, -0.25) is 0 Å². The maximum Gasteiger partial charge on any atom is 0.167 e. The maximum absolute atomic E-state index is 8.79. The van der Waals surface area contributed by atoms with Crippen LogP contribution in [0.15, 0.2) is 162 Å². The van der Waals surface area contributed by atoms with Gasteiger partial charge >= 0.3 is 0 Å². The molecule has 0 bridgehead atoms. The zero-order valence-corrected chi connectivity index (χ0v) is 27.5. The fraction of sp³-hybridized carbons (Fsp3) is 0. The number of rotatable bonds is 4. The largest absolute Gasteiger partial charge is 0.455 e. The third kappa shape index (κ3) is 4.30. The highest BCUT2D eigenvalue weighted by atomic mass is 32.1. The molecule has 6 heteroatoms. The molecule has 0 radical (unpaired) electrons. The molecule has 4 heterocycles. The summed E-state index contributed by atoms with van der Waals surface area (Å²) in [6.07, 6.45) is 0. The molecule has 11 rings (SSSR count). The van der Waals surface area contributed by atoms with Crippen LogP contribution < -0.4 is 0 Å². The van der Waals surface area contributed by atoms with Gasteiger partial charge in [-0.1, -0.05) is 121 Å². The highest BCUT2D eigenvalue weighted by Gasteiger charge is 2.20. The van der Waals surface area contributed by atoms with Crippen LogP contribution in [0.2, 0.25) is 0 Å². The minimum absolute atomic E-state index is 0.0276. The van der Waals surface area contributed by atoms with Crippen LogP contribution in [-0.2, 0) is 0 Å². The zero-order chi connectivity index (χ0) is 37.8. The van der Waals surface area contributed by atoms with Crippen LogP contribution in [-0.4, -0.2) is 19.5 Å². The highest BCUT2D eigenvalue weighted by Crippen LogP contribution is 2.42. The van der Waals surface area contributed by atoms with Crippen molar-refractivity contribution in [2.45, 2.75) is 0 Å². The first kappa shape index (κ1) is 23.7. The highest BCUT2D eigenvalue weighted by molar-refractivity contribution is 7.26. The Bertz CT molecular complexity index is 3380. The molecule has 238 valence electrons. The Morgan fingerprint density at radius 2 is 1.18 bits per heavy atom. The lowest BCUT2D eigenvalue weighted by Gasteiger charge is -2.09. The van der Waals surface area contributed by atoms with E-state index in [9.17, 15) is 0 Å². The minimum Gasteiger partial charge on any atom is -0.455 e. The van der Waals surface area contributed by atoms with Gasteiger partial charge in [-0.2, -0.15) is 0 Å². The van der Waals surface area contributed by atoms with Crippen LogP contribution >= 0.6 is 11.3 Å². The van der Waals surface area contributed by atoms with Gasteiger partial charge in [0.15, 0.2) is 17.5 Å². The molecular weight excluding hydrogens is 645 g/mol. The molecule has 0 aliphatic heterocycles. The summed E-state index contributed by atoms with van der Waals surface area (Å²) >= 11 is 1.69. The van der Waals surface area contributed by atoms with Gasteiger partial charge in [0.2, 0.25) is 0 Å². The molecule has 51 heavy (non-hydrogen) atoms. The molecule has 0 unspecified atom stereocenters. The number of thiophene rings is 1. The number of hydrogen-bond donors (Lipinski definition) is 0. The molecule has 11 aromatic rings. The van der Waals surface area contributed by atoms with Crippen LogP contribution in [0.4, 0.5) is 0 Å². The first-order chi connectivity index (χ1) is 27.4. The van der Waals surface area contributed by atoms with E-state index >= 15 is 0 Å². The van der Waals surface area contributed by atoms with Crippen LogP contribution in [0.5, 0.6) is 0 Å². The van der Waals surface area contributed by atoms with Crippen molar-refractivity contribution in [3.05, 3.63) is 158 Å². The van der Waals surface area contributed by atoms with E-state index in [4.69, 9.17) is 26.2 Å². The smallest absolute Gasteiger partial charge is 0.167 e. The Kier molecular flexibility index (Phi) is 5.08. The molecule has 0 saturated carbocycles. The Morgan fingerprint density at radius 1 is 0.529 bits per heavy atom. The predicted octanol–water partition coefficient (Wildman–Crippen LogP) is 12.2. The summed E-state index contributed by atoms with van der Waals surface area (Å²) in [5.74, 6) is 0.527. The topological polar surface area (TPSA) is 56.7 Å². The van der Waals surface area contributed by atoms with Crippen LogP contribution in [0.1, 0.15) is 6.85 Å². The number of fused-ring (bicyclic) bond motifs is 9. The van der Waals surface area contributed by atoms with E-state index in [2.05, 4.69) is 83.4 Å². The molecule has 0 fully saturated rings. The molecule has 4 aromatic heterocycles. The second kappa shape index (κ2) is 10.9. The van der Waals surface area contributed by atoms with E-state index in [0.29, 0.717) is 28.1 Å². The van der Waals surface area contributed by atoms with Crippen molar-refractivity contribution < 1.29 is 11.3 Å². The minimum atomic E-state index is -0.485. The molecule has 5 nitrogen and oxygen atoms in total. The Labute approximate surface area is 302 Å². The average molecular weight is 676 g/mol. The quantitative estimate of drug-likeness (QED) is 0.186. The molecule has 0 spiro atoms. The van der Waals surface area contributed by atoms with Crippen molar-refractivity contribution in [3.63, 3.8) is 0 Å². The SMILES string of the molecule is [2H]c1c([2H])c([2H])c(-c2nc(-c3ccc4c(c3)sc3c(-n5c6ccccc6c6ccccc65)cccc34)nc(-c3cccc4c3oc3ccccc34)n2)c([2H])c1[2H]. The van der Waals surface area contributed by atoms with E-state index in [1.807, 2.05) is 48.5 Å². The van der Waals surface area contributed by atoms with Gasteiger partial charge < -0.3 is 8.98 Å². The van der Waals surface area contributed by atoms with Crippen molar-refractivity contribution >= 4 is 75.3 Å². The van der Waals surface area contributed by atoms with Gasteiger partial charge in [-0.15, -0.1) is 11.3 Å². The third-order valence-corrected chi connectivity index (χ3v) is 10.8. The molecule has 0 amide bonds. The molecule has 7 aromatic carbocycles. The Morgan fingerprint density at radius 3 is 1.98 bits per heavy atom. The second-order valence-electron chi connectivity index (χ2n) is 12.4. The van der Waals surface area contributed by atoms with Gasteiger partial charge in [0.25, 0.3) is 0 Å². The number of aromatic nitrogens is 4. The summed E-state index contributed by atoms with van der Waals surface area (Å²) in [5, 5.41) is 6.44. The van der Waals surface area contributed by atoms with Gasteiger partial charge in [0.1, 0.15) is 11.2 Å². The lowest BCUT2D eigenvalue weighted by Crippen LogP contribution is -2.00. The molecule has 0 aliphatic carbocycles. The molecule has 0 N–H and O–H groups in total. The second-order valence-corrected chi connectivity index (χ2v) is 13.5. The third-order valence-electron chi connectivity index (χ3n) is 9.56. The Balaban J connectivity index is 1.15. The lowest BCUT2D eigenvalue weighted by molar-refractivity contribution is 0.669. The summed E-state index contributed by atoms with van der Waals surface area (Å²) in [6.45, 7) is 0. The van der Waals surface area contributed by atoms with Crippen molar-refractivity contribution in [1.82, 2.24) is 19.5 Å². The number of hydrogen-bond acceptors (Lipinski definition) is 5. The molecule has 0 saturated heterocycles. The Hall–Kier alpha value is -6.63. The molecule has 0 atom stereocenters. The van der Waals surface area contributed by atoms with Gasteiger partial charge in [-0.25, -0.2) is 15.0 Å². The van der Waals surface area contributed by atoms with Gasteiger partial charge in [-0.05, 0) is 36.4 Å². The summed E-state index contributed by atoms with van der Waals surface area (Å²) in [6, 6.07) is 40.8. The van der Waals surface area contributed by atoms with E-state index in [1.165, 1.54) is 10.8 Å². The summed E-state index contributed by atoms with van der Waals surface area (Å²) in [7, 11) is 0. The van der Waals surface area contributed by atoms with E-state index in [1.54, 1.807) is 11.3 Å². The van der Waals surface area contributed by atoms with E-state index < -0.39 is 30.2 Å². The van der Waals surface area contributed by atoms with Crippen LogP contribution in [0, 0.1) is 0 Å². The molecular formula is C45H26N4OS. The number of nitrogens with zero attached hydrogens (tertiary/aromatic N) is 4. The number of furan rings is 1. The van der Waals surface area contributed by atoms with Crippen molar-refractivity contribution in [2.24, 2.45) is 0 Å². The van der Waals surface area contributed by atoms with E-state index in [0.717, 1.165) is 47.7 Å². The maximum atomic E-state index is 8.79. The predicted molar refractivity (Wildman–Crippen MR) is 211 cm³/mol. The molecule has 0 aliphatic rings. The normalized spacial score (nSPS) is 13.3. The lowest BCUT2D eigenvalue weighted by atomic mass is 10.1. The fourth-order valence-corrected chi connectivity index (χ4v) is 8.55. The number of para-hydroxylation sites is 4. The standard InChI is InChI=1S/C45H26N4OS/c1-2-12-27(13-3-1)43-46-44(48-45(47-43)35-19-10-17-33-31-16-6-9-23-39(31)50-41(33)35)28-24-25-32-34-18-11-22-38(42(34)51-40(32)26-28)49-36-20-7-4-14-29(36)30-15-5-8-21-37(30)49/h1-26H/i1D,2D,3D,12D,13D.